The molecular weight excluding hydrogens is 636 g/mol. The van der Waals surface area contributed by atoms with Crippen LogP contribution in [0.25, 0.3) is 0 Å². The standard InChI is InChI=1S/C23H29N3O5S.C7H13N3O3S/c1-4-20(27)17-25-14-13-23(24-25)32(28,29)26(15-18-5-9-21(30-2)10-6-18)16-19-7-11-22(31-3)12-8-19;1-2-6(11)5-10-4-3-7(9-10)14(8,12)13/h5-14,20,27H,4,15-17H2,1-3H3;3-4,6,11H,2,5H2,1H3,(H2,8,12,13)/t20-;6-/m00/s1. The van der Waals surface area contributed by atoms with Gasteiger partial charge in [0.2, 0.25) is 0 Å². The zero-order chi connectivity index (χ0) is 33.9. The van der Waals surface area contributed by atoms with Crippen molar-refractivity contribution in [2.24, 2.45) is 5.14 Å². The maximum atomic E-state index is 13.5. The van der Waals surface area contributed by atoms with Crippen molar-refractivity contribution in [3.05, 3.63) is 84.2 Å². The predicted octanol–water partition coefficient (Wildman–Crippen LogP) is 2.36. The third-order valence-electron chi connectivity index (χ3n) is 6.90. The smallest absolute Gasteiger partial charge is 0.262 e. The molecule has 2 aromatic heterocycles. The van der Waals surface area contributed by atoms with E-state index in [1.54, 1.807) is 44.7 Å². The van der Waals surface area contributed by atoms with E-state index in [4.69, 9.17) is 14.6 Å². The summed E-state index contributed by atoms with van der Waals surface area (Å²) >= 11 is 0. The number of aliphatic hydroxyl groups excluding tert-OH is 2. The van der Waals surface area contributed by atoms with E-state index < -0.39 is 32.3 Å². The first-order valence-corrected chi connectivity index (χ1v) is 17.5. The van der Waals surface area contributed by atoms with Gasteiger partial charge < -0.3 is 19.7 Å². The van der Waals surface area contributed by atoms with Gasteiger partial charge >= 0.3 is 0 Å². The number of hydrogen-bond acceptors (Lipinski definition) is 10. The Hall–Kier alpha value is -3.80. The fourth-order valence-electron chi connectivity index (χ4n) is 4.10. The van der Waals surface area contributed by atoms with Gasteiger partial charge in [0.15, 0.2) is 10.1 Å². The number of benzene rings is 2. The van der Waals surface area contributed by atoms with Crippen molar-refractivity contribution in [2.75, 3.05) is 14.2 Å². The highest BCUT2D eigenvalue weighted by Crippen LogP contribution is 2.22. The van der Waals surface area contributed by atoms with Gasteiger partial charge in [0, 0.05) is 25.5 Å². The number of ether oxygens (including phenoxy) is 2. The fraction of sp³-hybridized carbons (Fsp3) is 0.400. The Kier molecular flexibility index (Phi) is 13.3. The summed E-state index contributed by atoms with van der Waals surface area (Å²) < 4.78 is 63.3. The van der Waals surface area contributed by atoms with Gasteiger partial charge in [-0.15, -0.1) is 0 Å². The Morgan fingerprint density at radius 2 is 1.11 bits per heavy atom. The van der Waals surface area contributed by atoms with Crippen LogP contribution in [0, 0.1) is 0 Å². The van der Waals surface area contributed by atoms with Crippen LogP contribution < -0.4 is 14.6 Å². The fourth-order valence-corrected chi connectivity index (χ4v) is 5.91. The number of primary sulfonamides is 1. The van der Waals surface area contributed by atoms with E-state index in [9.17, 15) is 27.0 Å². The molecule has 4 rings (SSSR count). The van der Waals surface area contributed by atoms with E-state index >= 15 is 0 Å². The van der Waals surface area contributed by atoms with E-state index in [2.05, 4.69) is 10.2 Å². The molecule has 0 radical (unpaired) electrons. The lowest BCUT2D eigenvalue weighted by molar-refractivity contribution is 0.144. The lowest BCUT2D eigenvalue weighted by Gasteiger charge is -2.21. The highest BCUT2D eigenvalue weighted by Gasteiger charge is 2.28. The Morgan fingerprint density at radius 3 is 1.46 bits per heavy atom. The first-order valence-electron chi connectivity index (χ1n) is 14.5. The number of nitrogens with zero attached hydrogens (tertiary/aromatic N) is 5. The van der Waals surface area contributed by atoms with Crippen LogP contribution in [0.1, 0.15) is 37.8 Å². The molecule has 0 saturated carbocycles. The van der Waals surface area contributed by atoms with Crippen LogP contribution in [0.2, 0.25) is 0 Å². The third kappa shape index (κ3) is 10.6. The van der Waals surface area contributed by atoms with Gasteiger partial charge in [-0.05, 0) is 60.4 Å². The molecule has 14 nitrogen and oxygen atoms in total. The summed E-state index contributed by atoms with van der Waals surface area (Å²) in [5.41, 5.74) is 1.65. The van der Waals surface area contributed by atoms with Gasteiger partial charge in [0.1, 0.15) is 11.5 Å². The first-order chi connectivity index (χ1) is 21.8. The number of nitrogens with two attached hydrogens (primary N) is 1. The molecule has 0 aliphatic carbocycles. The third-order valence-corrected chi connectivity index (χ3v) is 9.39. The lowest BCUT2D eigenvalue weighted by atomic mass is 10.2. The van der Waals surface area contributed by atoms with Crippen LogP contribution >= 0.6 is 0 Å². The first kappa shape index (κ1) is 36.7. The van der Waals surface area contributed by atoms with Gasteiger partial charge in [-0.2, -0.15) is 14.5 Å². The number of aromatic nitrogens is 4. The monoisotopic (exact) mass is 678 g/mol. The predicted molar refractivity (Wildman–Crippen MR) is 171 cm³/mol. The summed E-state index contributed by atoms with van der Waals surface area (Å²) in [4.78, 5) is 0. The van der Waals surface area contributed by atoms with E-state index in [0.29, 0.717) is 24.3 Å². The molecule has 0 aliphatic rings. The lowest BCUT2D eigenvalue weighted by Crippen LogP contribution is -2.31. The average Bonchev–Trinajstić information content (AvgIpc) is 3.72. The van der Waals surface area contributed by atoms with E-state index in [-0.39, 0.29) is 36.2 Å². The molecule has 0 bridgehead atoms. The van der Waals surface area contributed by atoms with Crippen LogP contribution in [0.3, 0.4) is 0 Å². The molecule has 2 atom stereocenters. The second-order valence-electron chi connectivity index (χ2n) is 10.4. The summed E-state index contributed by atoms with van der Waals surface area (Å²) in [5.74, 6) is 1.40. The molecule has 0 fully saturated rings. The highest BCUT2D eigenvalue weighted by atomic mass is 32.2. The van der Waals surface area contributed by atoms with Crippen molar-refractivity contribution in [1.82, 2.24) is 23.9 Å². The summed E-state index contributed by atoms with van der Waals surface area (Å²) in [7, 11) is -4.46. The van der Waals surface area contributed by atoms with Gasteiger partial charge in [-0.3, -0.25) is 9.36 Å². The zero-order valence-corrected chi connectivity index (χ0v) is 27.9. The normalized spacial score (nSPS) is 13.1. The molecule has 252 valence electrons. The summed E-state index contributed by atoms with van der Waals surface area (Å²) in [5, 5.41) is 31.7. The van der Waals surface area contributed by atoms with Gasteiger partial charge in [-0.25, -0.2) is 22.0 Å². The van der Waals surface area contributed by atoms with Crippen molar-refractivity contribution in [3.63, 3.8) is 0 Å². The second kappa shape index (κ2) is 16.7. The molecule has 0 saturated heterocycles. The van der Waals surface area contributed by atoms with Crippen molar-refractivity contribution >= 4 is 20.0 Å². The summed E-state index contributed by atoms with van der Waals surface area (Å²) in [6.07, 6.45) is 3.08. The van der Waals surface area contributed by atoms with Crippen molar-refractivity contribution in [1.29, 1.82) is 0 Å². The topological polar surface area (TPSA) is 192 Å². The van der Waals surface area contributed by atoms with E-state index in [1.165, 1.54) is 32.0 Å². The van der Waals surface area contributed by atoms with Crippen LogP contribution in [0.15, 0.2) is 83.1 Å². The maximum Gasteiger partial charge on any atom is 0.262 e. The van der Waals surface area contributed by atoms with Crippen molar-refractivity contribution < 1.29 is 36.5 Å². The Labute approximate surface area is 270 Å². The zero-order valence-electron chi connectivity index (χ0n) is 26.3. The number of aliphatic hydroxyl groups is 2. The quantitative estimate of drug-likeness (QED) is 0.168. The van der Waals surface area contributed by atoms with Gasteiger partial charge in [0.25, 0.3) is 20.0 Å². The van der Waals surface area contributed by atoms with E-state index in [0.717, 1.165) is 11.1 Å². The minimum Gasteiger partial charge on any atom is -0.497 e. The van der Waals surface area contributed by atoms with Gasteiger partial charge in [0.05, 0.1) is 39.5 Å². The van der Waals surface area contributed by atoms with Gasteiger partial charge in [-0.1, -0.05) is 38.1 Å². The minimum atomic E-state index is -3.89. The molecule has 0 amide bonds. The molecule has 4 aromatic rings. The van der Waals surface area contributed by atoms with E-state index in [1.807, 2.05) is 38.1 Å². The molecule has 0 aliphatic heterocycles. The Morgan fingerprint density at radius 1 is 0.717 bits per heavy atom. The number of methoxy groups -OCH3 is 2. The van der Waals surface area contributed by atoms with Crippen molar-refractivity contribution in [2.45, 2.75) is 75.1 Å². The van der Waals surface area contributed by atoms with Crippen LogP contribution in [0.5, 0.6) is 11.5 Å². The molecule has 2 aromatic carbocycles. The van der Waals surface area contributed by atoms with Crippen molar-refractivity contribution in [3.8, 4) is 11.5 Å². The number of rotatable bonds is 15. The molecule has 4 N–H and O–H groups in total. The second-order valence-corrected chi connectivity index (χ2v) is 13.8. The molecule has 0 unspecified atom stereocenters. The summed E-state index contributed by atoms with van der Waals surface area (Å²) in [6.45, 7) is 4.53. The SMILES string of the molecule is CC[C@H](O)Cn1ccc(S(=O)(=O)N(Cc2ccc(OC)cc2)Cc2ccc(OC)cc2)n1.CC[C@H](O)Cn1ccc(S(N)(=O)=O)n1. The largest absolute Gasteiger partial charge is 0.497 e. The molecule has 16 heteroatoms. The molecule has 2 heterocycles. The average molecular weight is 679 g/mol. The Balaban J connectivity index is 0.000000344. The van der Waals surface area contributed by atoms with Crippen LogP contribution in [-0.2, 0) is 46.2 Å². The number of hydrogen-bond donors (Lipinski definition) is 3. The number of sulfonamides is 2. The van der Waals surface area contributed by atoms with Crippen LogP contribution in [-0.4, -0.2) is 77.3 Å². The molecular formula is C30H42N6O8S2. The summed E-state index contributed by atoms with van der Waals surface area (Å²) in [6, 6.07) is 17.3. The maximum absolute atomic E-state index is 13.5. The minimum absolute atomic E-state index is 0.0529. The molecule has 46 heavy (non-hydrogen) atoms. The Bertz CT molecular complexity index is 1670. The molecule has 0 spiro atoms. The van der Waals surface area contributed by atoms with Crippen LogP contribution in [0.4, 0.5) is 0 Å². The highest BCUT2D eigenvalue weighted by molar-refractivity contribution is 7.89.